The third kappa shape index (κ3) is 6.21. The summed E-state index contributed by atoms with van der Waals surface area (Å²) < 4.78 is 12.6. The molecule has 9 heteroatoms. The molecular formula is C20H23N5O3S. The zero-order chi connectivity index (χ0) is 20.5. The second kappa shape index (κ2) is 10.5. The van der Waals surface area contributed by atoms with E-state index in [1.54, 1.807) is 4.68 Å². The van der Waals surface area contributed by atoms with Gasteiger partial charge in [-0.15, -0.1) is 5.10 Å². The van der Waals surface area contributed by atoms with Crippen LogP contribution in [-0.4, -0.2) is 51.6 Å². The van der Waals surface area contributed by atoms with Crippen molar-refractivity contribution in [3.05, 3.63) is 54.1 Å². The average molecular weight is 414 g/mol. The Kier molecular flexibility index (Phi) is 7.46. The first-order chi connectivity index (χ1) is 14.2. The van der Waals surface area contributed by atoms with Crippen molar-refractivity contribution in [1.82, 2.24) is 25.5 Å². The number of nitrogens with one attached hydrogen (secondary N) is 1. The zero-order valence-corrected chi connectivity index (χ0v) is 17.2. The molecule has 0 unspecified atom stereocenters. The number of aryl methyl sites for hydroxylation is 1. The molecule has 1 amide bonds. The molecule has 0 fully saturated rings. The summed E-state index contributed by atoms with van der Waals surface area (Å²) in [5, 5.41) is 15.1. The predicted molar refractivity (Wildman–Crippen MR) is 111 cm³/mol. The highest BCUT2D eigenvalue weighted by atomic mass is 32.2. The molecule has 2 aromatic carbocycles. The molecule has 0 radical (unpaired) electrons. The molecule has 0 aliphatic rings. The van der Waals surface area contributed by atoms with Gasteiger partial charge < -0.3 is 14.8 Å². The first-order valence-electron chi connectivity index (χ1n) is 9.26. The molecule has 1 heterocycles. The molecule has 0 atom stereocenters. The zero-order valence-electron chi connectivity index (χ0n) is 16.4. The van der Waals surface area contributed by atoms with Gasteiger partial charge in [-0.3, -0.25) is 4.79 Å². The lowest BCUT2D eigenvalue weighted by molar-refractivity contribution is -0.118. The number of rotatable bonds is 10. The minimum Gasteiger partial charge on any atom is -0.494 e. The molecule has 1 N–H and O–H groups in total. The summed E-state index contributed by atoms with van der Waals surface area (Å²) in [6.45, 7) is 5.37. The van der Waals surface area contributed by atoms with Crippen molar-refractivity contribution in [2.45, 2.75) is 19.0 Å². The molecule has 8 nitrogen and oxygen atoms in total. The van der Waals surface area contributed by atoms with Crippen molar-refractivity contribution in [3.8, 4) is 17.2 Å². The summed E-state index contributed by atoms with van der Waals surface area (Å²) in [6.07, 6.45) is 0. The van der Waals surface area contributed by atoms with Crippen molar-refractivity contribution in [2.75, 3.05) is 25.5 Å². The Hall–Kier alpha value is -3.07. The van der Waals surface area contributed by atoms with Gasteiger partial charge in [-0.05, 0) is 60.7 Å². The van der Waals surface area contributed by atoms with Crippen LogP contribution >= 0.6 is 11.8 Å². The number of carbonyl (C=O) groups is 1. The van der Waals surface area contributed by atoms with Gasteiger partial charge in [-0.1, -0.05) is 29.5 Å². The van der Waals surface area contributed by atoms with Crippen molar-refractivity contribution in [3.63, 3.8) is 0 Å². The maximum absolute atomic E-state index is 12.1. The van der Waals surface area contributed by atoms with Gasteiger partial charge >= 0.3 is 0 Å². The lowest BCUT2D eigenvalue weighted by Gasteiger charge is -2.09. The van der Waals surface area contributed by atoms with Gasteiger partial charge in [-0.25, -0.2) is 0 Å². The van der Waals surface area contributed by atoms with E-state index in [0.29, 0.717) is 24.9 Å². The highest BCUT2D eigenvalue weighted by Gasteiger charge is 2.11. The summed E-state index contributed by atoms with van der Waals surface area (Å²) in [4.78, 5) is 12.1. The molecule has 29 heavy (non-hydrogen) atoms. The molecule has 0 saturated heterocycles. The quantitative estimate of drug-likeness (QED) is 0.404. The van der Waals surface area contributed by atoms with Crippen molar-refractivity contribution < 1.29 is 14.3 Å². The summed E-state index contributed by atoms with van der Waals surface area (Å²) in [7, 11) is 0. The number of hydrogen-bond donors (Lipinski definition) is 1. The first kappa shape index (κ1) is 20.7. The maximum atomic E-state index is 12.1. The van der Waals surface area contributed by atoms with E-state index >= 15 is 0 Å². The monoisotopic (exact) mass is 413 g/mol. The molecule has 3 rings (SSSR count). The third-order valence-electron chi connectivity index (χ3n) is 3.88. The molecule has 0 aliphatic heterocycles. The maximum Gasteiger partial charge on any atom is 0.230 e. The van der Waals surface area contributed by atoms with Crippen LogP contribution < -0.4 is 14.8 Å². The number of tetrazole rings is 1. The van der Waals surface area contributed by atoms with Crippen LogP contribution in [0.2, 0.25) is 0 Å². The van der Waals surface area contributed by atoms with E-state index in [0.717, 1.165) is 22.7 Å². The van der Waals surface area contributed by atoms with E-state index in [1.807, 2.05) is 62.4 Å². The number of carbonyl (C=O) groups excluding carboxylic acids is 1. The number of ether oxygens (including phenoxy) is 2. The van der Waals surface area contributed by atoms with Crippen LogP contribution in [0.4, 0.5) is 0 Å². The first-order valence-corrected chi connectivity index (χ1v) is 10.2. The summed E-state index contributed by atoms with van der Waals surface area (Å²) in [6, 6.07) is 15.2. The SMILES string of the molecule is CCOc1ccc(OCCNC(=O)CSc2nnnn2-c2ccc(C)cc2)cc1. The smallest absolute Gasteiger partial charge is 0.230 e. The third-order valence-corrected chi connectivity index (χ3v) is 4.80. The van der Waals surface area contributed by atoms with E-state index < -0.39 is 0 Å². The molecule has 0 spiro atoms. The van der Waals surface area contributed by atoms with E-state index in [9.17, 15) is 4.79 Å². The highest BCUT2D eigenvalue weighted by Crippen LogP contribution is 2.19. The normalized spacial score (nSPS) is 10.6. The van der Waals surface area contributed by atoms with E-state index in [-0.39, 0.29) is 11.7 Å². The van der Waals surface area contributed by atoms with E-state index in [2.05, 4.69) is 20.8 Å². The fourth-order valence-corrected chi connectivity index (χ4v) is 3.18. The van der Waals surface area contributed by atoms with Crippen LogP contribution in [0.3, 0.4) is 0 Å². The van der Waals surface area contributed by atoms with Gasteiger partial charge in [0.1, 0.15) is 18.1 Å². The van der Waals surface area contributed by atoms with Gasteiger partial charge in [0.25, 0.3) is 0 Å². The number of thioether (sulfide) groups is 1. The lowest BCUT2D eigenvalue weighted by atomic mass is 10.2. The lowest BCUT2D eigenvalue weighted by Crippen LogP contribution is -2.29. The Balaban J connectivity index is 1.39. The fourth-order valence-electron chi connectivity index (χ4n) is 2.46. The van der Waals surface area contributed by atoms with Crippen molar-refractivity contribution >= 4 is 17.7 Å². The molecule has 1 aromatic heterocycles. The summed E-state index contributed by atoms with van der Waals surface area (Å²) in [5.74, 6) is 1.64. The molecular weight excluding hydrogens is 390 g/mol. The minimum atomic E-state index is -0.108. The van der Waals surface area contributed by atoms with Crippen LogP contribution in [0.1, 0.15) is 12.5 Å². The molecule has 0 aliphatic carbocycles. The van der Waals surface area contributed by atoms with Gasteiger partial charge in [0, 0.05) is 0 Å². The Bertz CT molecular complexity index is 913. The predicted octanol–water partition coefficient (Wildman–Crippen LogP) is 2.66. The Labute approximate surface area is 173 Å². The van der Waals surface area contributed by atoms with Crippen molar-refractivity contribution in [2.24, 2.45) is 0 Å². The molecule has 0 bridgehead atoms. The van der Waals surface area contributed by atoms with Crippen LogP contribution in [0.5, 0.6) is 11.5 Å². The van der Waals surface area contributed by atoms with E-state index in [1.165, 1.54) is 11.8 Å². The second-order valence-electron chi connectivity index (χ2n) is 6.10. The van der Waals surface area contributed by atoms with Crippen LogP contribution in [0.15, 0.2) is 53.7 Å². The highest BCUT2D eigenvalue weighted by molar-refractivity contribution is 7.99. The largest absolute Gasteiger partial charge is 0.494 e. The van der Waals surface area contributed by atoms with Gasteiger partial charge in [0.2, 0.25) is 11.1 Å². The number of aromatic nitrogens is 4. The van der Waals surface area contributed by atoms with Crippen LogP contribution in [-0.2, 0) is 4.79 Å². The second-order valence-corrected chi connectivity index (χ2v) is 7.04. The van der Waals surface area contributed by atoms with Crippen LogP contribution in [0, 0.1) is 6.92 Å². The fraction of sp³-hybridized carbons (Fsp3) is 0.300. The standard InChI is InChI=1S/C20H23N5O3S/c1-3-27-17-8-10-18(11-9-17)28-13-12-21-19(26)14-29-20-22-23-24-25(20)16-6-4-15(2)5-7-16/h4-11H,3,12-14H2,1-2H3,(H,21,26). The minimum absolute atomic E-state index is 0.108. The summed E-state index contributed by atoms with van der Waals surface area (Å²) in [5.41, 5.74) is 2.01. The Morgan fingerprint density at radius 3 is 2.45 bits per heavy atom. The Morgan fingerprint density at radius 2 is 1.76 bits per heavy atom. The summed E-state index contributed by atoms with van der Waals surface area (Å²) >= 11 is 1.28. The van der Waals surface area contributed by atoms with Crippen LogP contribution in [0.25, 0.3) is 5.69 Å². The van der Waals surface area contributed by atoms with Gasteiger partial charge in [-0.2, -0.15) is 4.68 Å². The molecule has 3 aromatic rings. The number of nitrogens with zero attached hydrogens (tertiary/aromatic N) is 4. The van der Waals surface area contributed by atoms with Crippen molar-refractivity contribution in [1.29, 1.82) is 0 Å². The number of benzene rings is 2. The molecule has 0 saturated carbocycles. The Morgan fingerprint density at radius 1 is 1.07 bits per heavy atom. The average Bonchev–Trinajstić information content (AvgIpc) is 3.20. The number of hydrogen-bond acceptors (Lipinski definition) is 7. The topological polar surface area (TPSA) is 91.2 Å². The van der Waals surface area contributed by atoms with Gasteiger partial charge in [0.05, 0.1) is 24.6 Å². The van der Waals surface area contributed by atoms with Gasteiger partial charge in [0.15, 0.2) is 0 Å². The number of amides is 1. The molecule has 152 valence electrons. The van der Waals surface area contributed by atoms with E-state index in [4.69, 9.17) is 9.47 Å².